The van der Waals surface area contributed by atoms with Crippen molar-refractivity contribution in [2.75, 3.05) is 30.3 Å². The summed E-state index contributed by atoms with van der Waals surface area (Å²) >= 11 is 0. The Labute approximate surface area is 205 Å². The number of aryl methyl sites for hydroxylation is 2. The zero-order valence-corrected chi connectivity index (χ0v) is 19.6. The molecule has 3 heterocycles. The SMILES string of the molecule is Nc1ncc(CCc2ccccc2)cc1C(=O)c1cccc(N2CCNC(c3ccccc3)C2)n1. The van der Waals surface area contributed by atoms with Crippen LogP contribution in [0.4, 0.5) is 11.6 Å². The van der Waals surface area contributed by atoms with Gasteiger partial charge in [-0.25, -0.2) is 9.97 Å². The van der Waals surface area contributed by atoms with E-state index in [4.69, 9.17) is 10.7 Å². The lowest BCUT2D eigenvalue weighted by molar-refractivity contribution is 0.103. The minimum atomic E-state index is -0.201. The van der Waals surface area contributed by atoms with Crippen LogP contribution in [0, 0.1) is 0 Å². The molecule has 0 radical (unpaired) electrons. The van der Waals surface area contributed by atoms with E-state index >= 15 is 0 Å². The van der Waals surface area contributed by atoms with E-state index in [1.54, 1.807) is 12.3 Å². The number of rotatable bonds is 7. The third kappa shape index (κ3) is 5.39. The van der Waals surface area contributed by atoms with Gasteiger partial charge in [0.25, 0.3) is 0 Å². The number of benzene rings is 2. The van der Waals surface area contributed by atoms with Gasteiger partial charge in [0.1, 0.15) is 17.3 Å². The topological polar surface area (TPSA) is 84.1 Å². The van der Waals surface area contributed by atoms with Crippen molar-refractivity contribution in [2.24, 2.45) is 0 Å². The average molecular weight is 464 g/mol. The molecule has 6 nitrogen and oxygen atoms in total. The van der Waals surface area contributed by atoms with Gasteiger partial charge in [0.15, 0.2) is 0 Å². The Kier molecular flexibility index (Phi) is 6.82. The molecule has 0 amide bonds. The first kappa shape index (κ1) is 22.7. The van der Waals surface area contributed by atoms with Crippen LogP contribution in [-0.4, -0.2) is 35.4 Å². The molecule has 3 N–H and O–H groups in total. The van der Waals surface area contributed by atoms with E-state index in [1.165, 1.54) is 11.1 Å². The normalized spacial score (nSPS) is 15.7. The standard InChI is InChI=1S/C29H29N5O/c30-29-24(18-22(19-32-29)15-14-21-8-3-1-4-9-21)28(35)25-12-7-13-27(33-25)34-17-16-31-26(20-34)23-10-5-2-6-11-23/h1-13,18-19,26,31H,14-17,20H2,(H2,30,32). The second-order valence-corrected chi connectivity index (χ2v) is 8.84. The van der Waals surface area contributed by atoms with Crippen molar-refractivity contribution in [1.82, 2.24) is 15.3 Å². The summed E-state index contributed by atoms with van der Waals surface area (Å²) in [5, 5.41) is 3.57. The predicted molar refractivity (Wildman–Crippen MR) is 140 cm³/mol. The smallest absolute Gasteiger partial charge is 0.215 e. The number of carbonyl (C=O) groups excluding carboxylic acids is 1. The van der Waals surface area contributed by atoms with Gasteiger partial charge >= 0.3 is 0 Å². The van der Waals surface area contributed by atoms with Gasteiger partial charge in [-0.05, 0) is 47.7 Å². The van der Waals surface area contributed by atoms with Gasteiger partial charge in [0.05, 0.1) is 5.56 Å². The average Bonchev–Trinajstić information content (AvgIpc) is 2.93. The Hall–Kier alpha value is -4.03. The molecule has 4 aromatic rings. The Bertz CT molecular complexity index is 1290. The van der Waals surface area contributed by atoms with Crippen molar-refractivity contribution >= 4 is 17.4 Å². The lowest BCUT2D eigenvalue weighted by atomic mass is 10.0. The van der Waals surface area contributed by atoms with E-state index in [0.717, 1.165) is 43.9 Å². The summed E-state index contributed by atoms with van der Waals surface area (Å²) < 4.78 is 0. The minimum Gasteiger partial charge on any atom is -0.383 e. The van der Waals surface area contributed by atoms with Crippen LogP contribution in [0.25, 0.3) is 0 Å². The fourth-order valence-electron chi connectivity index (χ4n) is 4.50. The van der Waals surface area contributed by atoms with Crippen LogP contribution in [0.2, 0.25) is 0 Å². The molecule has 2 aromatic heterocycles. The molecular formula is C29H29N5O. The van der Waals surface area contributed by atoms with Crippen LogP contribution < -0.4 is 16.0 Å². The van der Waals surface area contributed by atoms with Crippen LogP contribution in [0.15, 0.2) is 91.1 Å². The first-order chi connectivity index (χ1) is 17.2. The molecular weight excluding hydrogens is 434 g/mol. The number of piperazine rings is 1. The number of hydrogen-bond acceptors (Lipinski definition) is 6. The van der Waals surface area contributed by atoms with Crippen LogP contribution in [0.5, 0.6) is 0 Å². The zero-order chi connectivity index (χ0) is 24.0. The highest BCUT2D eigenvalue weighted by Gasteiger charge is 2.23. The lowest BCUT2D eigenvalue weighted by Gasteiger charge is -2.35. The molecule has 1 aliphatic heterocycles. The Balaban J connectivity index is 1.33. The number of pyridine rings is 2. The highest BCUT2D eigenvalue weighted by molar-refractivity contribution is 6.10. The summed E-state index contributed by atoms with van der Waals surface area (Å²) in [4.78, 5) is 24.7. The maximum absolute atomic E-state index is 13.4. The van der Waals surface area contributed by atoms with E-state index in [-0.39, 0.29) is 17.6 Å². The first-order valence-electron chi connectivity index (χ1n) is 12.0. The van der Waals surface area contributed by atoms with Crippen LogP contribution in [-0.2, 0) is 12.8 Å². The van der Waals surface area contributed by atoms with E-state index in [1.807, 2.05) is 42.5 Å². The van der Waals surface area contributed by atoms with Gasteiger partial charge in [-0.15, -0.1) is 0 Å². The van der Waals surface area contributed by atoms with Crippen molar-refractivity contribution in [3.05, 3.63) is 119 Å². The van der Waals surface area contributed by atoms with Crippen molar-refractivity contribution in [3.8, 4) is 0 Å². The third-order valence-electron chi connectivity index (χ3n) is 6.43. The van der Waals surface area contributed by atoms with Gasteiger partial charge in [0, 0.05) is 31.9 Å². The van der Waals surface area contributed by atoms with Crippen molar-refractivity contribution in [3.63, 3.8) is 0 Å². The first-order valence-corrected chi connectivity index (χ1v) is 12.0. The molecule has 2 aromatic carbocycles. The Morgan fingerprint density at radius 3 is 2.49 bits per heavy atom. The molecule has 1 saturated heterocycles. The van der Waals surface area contributed by atoms with Crippen LogP contribution in [0.3, 0.4) is 0 Å². The molecule has 0 aliphatic carbocycles. The van der Waals surface area contributed by atoms with Crippen molar-refractivity contribution in [2.45, 2.75) is 18.9 Å². The molecule has 1 fully saturated rings. The largest absolute Gasteiger partial charge is 0.383 e. The molecule has 6 heteroatoms. The Morgan fingerprint density at radius 2 is 1.69 bits per heavy atom. The van der Waals surface area contributed by atoms with Gasteiger partial charge < -0.3 is 16.0 Å². The summed E-state index contributed by atoms with van der Waals surface area (Å²) in [6.07, 6.45) is 3.41. The van der Waals surface area contributed by atoms with Crippen molar-refractivity contribution < 1.29 is 4.79 Å². The van der Waals surface area contributed by atoms with E-state index in [9.17, 15) is 4.79 Å². The zero-order valence-electron chi connectivity index (χ0n) is 19.6. The maximum Gasteiger partial charge on any atom is 0.215 e. The van der Waals surface area contributed by atoms with Gasteiger partial charge in [-0.3, -0.25) is 4.79 Å². The number of nitrogen functional groups attached to an aromatic ring is 1. The molecule has 176 valence electrons. The fourth-order valence-corrected chi connectivity index (χ4v) is 4.50. The van der Waals surface area contributed by atoms with E-state index < -0.39 is 0 Å². The van der Waals surface area contributed by atoms with Gasteiger partial charge in [-0.1, -0.05) is 66.7 Å². The Morgan fingerprint density at radius 1 is 0.943 bits per heavy atom. The van der Waals surface area contributed by atoms with E-state index in [2.05, 4.69) is 51.6 Å². The summed E-state index contributed by atoms with van der Waals surface area (Å²) in [6, 6.07) is 28.4. The second-order valence-electron chi connectivity index (χ2n) is 8.84. The number of aromatic nitrogens is 2. The molecule has 0 spiro atoms. The summed E-state index contributed by atoms with van der Waals surface area (Å²) in [7, 11) is 0. The van der Waals surface area contributed by atoms with Crippen molar-refractivity contribution in [1.29, 1.82) is 0 Å². The number of carbonyl (C=O) groups is 1. The number of hydrogen-bond donors (Lipinski definition) is 2. The van der Waals surface area contributed by atoms with E-state index in [0.29, 0.717) is 11.3 Å². The monoisotopic (exact) mass is 463 g/mol. The number of ketones is 1. The minimum absolute atomic E-state index is 0.201. The number of anilines is 2. The highest BCUT2D eigenvalue weighted by Crippen LogP contribution is 2.23. The molecule has 1 atom stereocenters. The second kappa shape index (κ2) is 10.5. The number of nitrogens with zero attached hydrogens (tertiary/aromatic N) is 3. The number of nitrogens with one attached hydrogen (secondary N) is 1. The molecule has 0 saturated carbocycles. The molecule has 0 bridgehead atoms. The highest BCUT2D eigenvalue weighted by atomic mass is 16.1. The molecule has 35 heavy (non-hydrogen) atoms. The molecule has 1 aliphatic rings. The molecule has 1 unspecified atom stereocenters. The number of nitrogens with two attached hydrogens (primary N) is 1. The quantitative estimate of drug-likeness (QED) is 0.399. The summed E-state index contributed by atoms with van der Waals surface area (Å²) in [6.45, 7) is 2.46. The summed E-state index contributed by atoms with van der Waals surface area (Å²) in [5.74, 6) is 0.829. The third-order valence-corrected chi connectivity index (χ3v) is 6.43. The maximum atomic E-state index is 13.4. The fraction of sp³-hybridized carbons (Fsp3) is 0.207. The van der Waals surface area contributed by atoms with Gasteiger partial charge in [0.2, 0.25) is 5.78 Å². The lowest BCUT2D eigenvalue weighted by Crippen LogP contribution is -2.46. The molecule has 5 rings (SSSR count). The van der Waals surface area contributed by atoms with Gasteiger partial charge in [-0.2, -0.15) is 0 Å². The predicted octanol–water partition coefficient (Wildman–Crippen LogP) is 4.23. The summed E-state index contributed by atoms with van der Waals surface area (Å²) in [5.41, 5.74) is 10.4. The van der Waals surface area contributed by atoms with Crippen LogP contribution in [0.1, 0.15) is 38.8 Å². The van der Waals surface area contributed by atoms with Crippen LogP contribution >= 0.6 is 0 Å².